The number of carbonyl (C=O) groups excluding carboxylic acids is 2. The predicted octanol–water partition coefficient (Wildman–Crippen LogP) is 1.58. The molecule has 1 heterocycles. The molecule has 0 spiro atoms. The molecule has 2 N–H and O–H groups in total. The number of pyridine rings is 1. The number of halogens is 3. The summed E-state index contributed by atoms with van der Waals surface area (Å²) in [6.07, 6.45) is -4.79. The Hall–Kier alpha value is -2.84. The Morgan fingerprint density at radius 3 is 2.46 bits per heavy atom. The molecule has 1 amide bonds. The number of rotatable bonds is 3. The predicted molar refractivity (Wildman–Crippen MR) is 78.9 cm³/mol. The smallest absolute Gasteiger partial charge is 0.417 e. The van der Waals surface area contributed by atoms with Crippen LogP contribution in [-0.4, -0.2) is 27.9 Å². The molecule has 2 aromatic rings. The van der Waals surface area contributed by atoms with Crippen molar-refractivity contribution in [2.75, 3.05) is 6.54 Å². The minimum Gasteiger partial charge on any atom is -0.506 e. The van der Waals surface area contributed by atoms with Crippen molar-refractivity contribution in [1.82, 2.24) is 9.88 Å². The van der Waals surface area contributed by atoms with Crippen molar-refractivity contribution in [3.63, 3.8) is 0 Å². The van der Waals surface area contributed by atoms with Crippen LogP contribution in [0.3, 0.4) is 0 Å². The van der Waals surface area contributed by atoms with E-state index in [1.165, 1.54) is 20.0 Å². The van der Waals surface area contributed by atoms with Crippen LogP contribution in [-0.2, 0) is 18.0 Å². The Labute approximate surface area is 133 Å². The van der Waals surface area contributed by atoms with Gasteiger partial charge in [0.15, 0.2) is 0 Å². The van der Waals surface area contributed by atoms with Crippen molar-refractivity contribution < 1.29 is 27.9 Å². The first-order valence-corrected chi connectivity index (χ1v) is 6.75. The van der Waals surface area contributed by atoms with E-state index in [2.05, 4.69) is 5.32 Å². The summed E-state index contributed by atoms with van der Waals surface area (Å²) in [5.41, 5.74) is -3.16. The maximum Gasteiger partial charge on any atom is 0.417 e. The van der Waals surface area contributed by atoms with E-state index >= 15 is 0 Å². The van der Waals surface area contributed by atoms with E-state index in [0.717, 1.165) is 16.7 Å². The molecule has 0 bridgehead atoms. The van der Waals surface area contributed by atoms with E-state index < -0.39 is 52.2 Å². The summed E-state index contributed by atoms with van der Waals surface area (Å²) in [4.78, 5) is 35.2. The number of Topliss-reactive ketones (excluding diaryl/α,β-unsaturated/α-hetero) is 1. The monoisotopic (exact) mass is 342 g/mol. The first-order valence-electron chi connectivity index (χ1n) is 6.75. The molecule has 0 fully saturated rings. The van der Waals surface area contributed by atoms with Crippen LogP contribution in [0.4, 0.5) is 13.2 Å². The minimum atomic E-state index is -4.79. The molecular formula is C15H13F3N2O4. The van der Waals surface area contributed by atoms with Gasteiger partial charge in [-0.1, -0.05) is 6.07 Å². The SMILES string of the molecule is CC(=O)CNC(=O)c1c(O)c2c(C(F)(F)F)cccc2n(C)c1=O. The molecule has 0 aliphatic heterocycles. The topological polar surface area (TPSA) is 88.4 Å². The van der Waals surface area contributed by atoms with Crippen molar-refractivity contribution in [2.24, 2.45) is 7.05 Å². The third-order valence-corrected chi connectivity index (χ3v) is 3.43. The van der Waals surface area contributed by atoms with Crippen LogP contribution in [0.1, 0.15) is 22.8 Å². The molecule has 1 aromatic carbocycles. The molecular weight excluding hydrogens is 329 g/mol. The zero-order chi connectivity index (χ0) is 18.2. The molecule has 1 aromatic heterocycles. The van der Waals surface area contributed by atoms with Crippen molar-refractivity contribution in [2.45, 2.75) is 13.1 Å². The van der Waals surface area contributed by atoms with Crippen molar-refractivity contribution >= 4 is 22.6 Å². The number of hydrogen-bond donors (Lipinski definition) is 2. The minimum absolute atomic E-state index is 0.171. The van der Waals surface area contributed by atoms with Gasteiger partial charge in [0.1, 0.15) is 17.1 Å². The summed E-state index contributed by atoms with van der Waals surface area (Å²) >= 11 is 0. The van der Waals surface area contributed by atoms with Crippen LogP contribution in [0.2, 0.25) is 0 Å². The first-order chi connectivity index (χ1) is 11.1. The van der Waals surface area contributed by atoms with Gasteiger partial charge in [0.2, 0.25) is 0 Å². The number of amides is 1. The summed E-state index contributed by atoms with van der Waals surface area (Å²) < 4.78 is 40.4. The lowest BCUT2D eigenvalue weighted by atomic mass is 10.0. The zero-order valence-corrected chi connectivity index (χ0v) is 12.7. The molecule has 0 atom stereocenters. The molecule has 0 aliphatic rings. The summed E-state index contributed by atoms with van der Waals surface area (Å²) in [6, 6.07) is 3.06. The van der Waals surface area contributed by atoms with Gasteiger partial charge in [0, 0.05) is 7.05 Å². The normalized spacial score (nSPS) is 11.5. The highest BCUT2D eigenvalue weighted by Gasteiger charge is 2.35. The summed E-state index contributed by atoms with van der Waals surface area (Å²) in [5.74, 6) is -2.61. The van der Waals surface area contributed by atoms with Gasteiger partial charge in [0.25, 0.3) is 11.5 Å². The highest BCUT2D eigenvalue weighted by Crippen LogP contribution is 2.38. The second-order valence-electron chi connectivity index (χ2n) is 5.17. The Morgan fingerprint density at radius 2 is 1.92 bits per heavy atom. The fourth-order valence-electron chi connectivity index (χ4n) is 2.31. The Morgan fingerprint density at radius 1 is 1.29 bits per heavy atom. The Balaban J connectivity index is 2.81. The van der Waals surface area contributed by atoms with E-state index in [0.29, 0.717) is 0 Å². The number of fused-ring (bicyclic) bond motifs is 1. The lowest BCUT2D eigenvalue weighted by Crippen LogP contribution is -2.35. The standard InChI is InChI=1S/C15H13F3N2O4/c1-7(21)6-19-13(23)11-12(22)10-8(15(16,17)18)4-3-5-9(10)20(2)14(11)24/h3-5,22H,6H2,1-2H3,(H,19,23). The van der Waals surface area contributed by atoms with Gasteiger partial charge >= 0.3 is 6.18 Å². The molecule has 6 nitrogen and oxygen atoms in total. The van der Waals surface area contributed by atoms with Crippen molar-refractivity contribution in [1.29, 1.82) is 0 Å². The third kappa shape index (κ3) is 2.97. The quantitative estimate of drug-likeness (QED) is 0.886. The summed E-state index contributed by atoms with van der Waals surface area (Å²) in [7, 11) is 1.19. The lowest BCUT2D eigenvalue weighted by molar-refractivity contribution is -0.136. The maximum absolute atomic E-state index is 13.2. The van der Waals surface area contributed by atoms with E-state index in [1.54, 1.807) is 0 Å². The maximum atomic E-state index is 13.2. The fourth-order valence-corrected chi connectivity index (χ4v) is 2.31. The van der Waals surface area contributed by atoms with Gasteiger partial charge in [-0.2, -0.15) is 13.2 Å². The van der Waals surface area contributed by atoms with Gasteiger partial charge < -0.3 is 15.0 Å². The molecule has 0 radical (unpaired) electrons. The summed E-state index contributed by atoms with van der Waals surface area (Å²) in [5, 5.41) is 11.6. The number of aromatic nitrogens is 1. The van der Waals surface area contributed by atoms with Crippen molar-refractivity contribution in [3.8, 4) is 5.75 Å². The molecule has 0 aliphatic carbocycles. The Bertz CT molecular complexity index is 900. The average molecular weight is 342 g/mol. The number of aryl methyl sites for hydroxylation is 1. The largest absolute Gasteiger partial charge is 0.506 e. The molecule has 0 saturated heterocycles. The number of carbonyl (C=O) groups is 2. The summed E-state index contributed by atoms with van der Waals surface area (Å²) in [6.45, 7) is 0.765. The van der Waals surface area contributed by atoms with E-state index in [-0.39, 0.29) is 5.52 Å². The van der Waals surface area contributed by atoms with Crippen LogP contribution < -0.4 is 10.9 Å². The van der Waals surface area contributed by atoms with Crippen molar-refractivity contribution in [3.05, 3.63) is 39.7 Å². The molecule has 0 unspecified atom stereocenters. The number of hydrogen-bond acceptors (Lipinski definition) is 4. The molecule has 2 rings (SSSR count). The third-order valence-electron chi connectivity index (χ3n) is 3.43. The average Bonchev–Trinajstić information content (AvgIpc) is 2.49. The number of aromatic hydroxyl groups is 1. The van der Waals surface area contributed by atoms with Crippen LogP contribution >= 0.6 is 0 Å². The first kappa shape index (κ1) is 17.5. The van der Waals surface area contributed by atoms with Gasteiger partial charge in [-0.15, -0.1) is 0 Å². The molecule has 0 saturated carbocycles. The van der Waals surface area contributed by atoms with Crippen LogP contribution in [0.25, 0.3) is 10.9 Å². The van der Waals surface area contributed by atoms with Crippen LogP contribution in [0, 0.1) is 0 Å². The highest BCUT2D eigenvalue weighted by molar-refractivity contribution is 6.04. The van der Waals surface area contributed by atoms with Crippen LogP contribution in [0.5, 0.6) is 5.75 Å². The number of benzene rings is 1. The molecule has 24 heavy (non-hydrogen) atoms. The fraction of sp³-hybridized carbons (Fsp3) is 0.267. The second-order valence-corrected chi connectivity index (χ2v) is 5.17. The zero-order valence-electron chi connectivity index (χ0n) is 12.7. The molecule has 9 heteroatoms. The number of nitrogens with one attached hydrogen (secondary N) is 1. The number of nitrogens with zero attached hydrogens (tertiary/aromatic N) is 1. The van der Waals surface area contributed by atoms with E-state index in [4.69, 9.17) is 0 Å². The molecule has 128 valence electrons. The highest BCUT2D eigenvalue weighted by atomic mass is 19.4. The van der Waals surface area contributed by atoms with E-state index in [9.17, 15) is 32.7 Å². The van der Waals surface area contributed by atoms with Gasteiger partial charge in [-0.3, -0.25) is 14.4 Å². The van der Waals surface area contributed by atoms with E-state index in [1.807, 2.05) is 0 Å². The Kier molecular flexibility index (Phi) is 4.37. The number of ketones is 1. The van der Waals surface area contributed by atoms with Gasteiger partial charge in [-0.05, 0) is 19.1 Å². The second kappa shape index (κ2) is 5.99. The van der Waals surface area contributed by atoms with Gasteiger partial charge in [0.05, 0.1) is 23.0 Å². The number of alkyl halides is 3. The van der Waals surface area contributed by atoms with Gasteiger partial charge in [-0.25, -0.2) is 0 Å². The van der Waals surface area contributed by atoms with Crippen LogP contribution in [0.15, 0.2) is 23.0 Å². The lowest BCUT2D eigenvalue weighted by Gasteiger charge is -2.16.